The normalized spacial score (nSPS) is 10.5. The van der Waals surface area contributed by atoms with Crippen LogP contribution in [0.2, 0.25) is 5.02 Å². The van der Waals surface area contributed by atoms with Gasteiger partial charge in [-0.1, -0.05) is 25.4 Å². The number of halogens is 1. The molecule has 2 aromatic rings. The van der Waals surface area contributed by atoms with E-state index in [0.29, 0.717) is 34.6 Å². The average Bonchev–Trinajstić information content (AvgIpc) is 2.65. The Morgan fingerprint density at radius 2 is 1.69 bits per heavy atom. The number of hydrogen-bond acceptors (Lipinski definition) is 4. The van der Waals surface area contributed by atoms with E-state index < -0.39 is 0 Å². The van der Waals surface area contributed by atoms with Gasteiger partial charge in [-0.25, -0.2) is 0 Å². The average molecular weight is 378 g/mol. The van der Waals surface area contributed by atoms with E-state index in [9.17, 15) is 4.79 Å². The van der Waals surface area contributed by atoms with Crippen LogP contribution >= 0.6 is 11.6 Å². The SMILES string of the molecule is COc1cc(Cl)c(CNC(=O)c2ccc(OCC(C)C)cc2)cc1OC. The van der Waals surface area contributed by atoms with Crippen molar-refractivity contribution in [1.82, 2.24) is 5.32 Å². The second-order valence-corrected chi connectivity index (χ2v) is 6.62. The van der Waals surface area contributed by atoms with E-state index in [2.05, 4.69) is 19.2 Å². The van der Waals surface area contributed by atoms with Crippen molar-refractivity contribution in [3.8, 4) is 17.2 Å². The molecule has 0 radical (unpaired) electrons. The van der Waals surface area contributed by atoms with E-state index in [0.717, 1.165) is 11.3 Å². The van der Waals surface area contributed by atoms with E-state index in [-0.39, 0.29) is 12.5 Å². The molecule has 5 nitrogen and oxygen atoms in total. The fraction of sp³-hybridized carbons (Fsp3) is 0.350. The molecule has 0 unspecified atom stereocenters. The number of rotatable bonds is 8. The second kappa shape index (κ2) is 9.34. The topological polar surface area (TPSA) is 56.8 Å². The molecule has 0 heterocycles. The highest BCUT2D eigenvalue weighted by Crippen LogP contribution is 2.33. The van der Waals surface area contributed by atoms with Crippen LogP contribution in [0.3, 0.4) is 0 Å². The minimum atomic E-state index is -0.189. The Labute approximate surface area is 159 Å². The van der Waals surface area contributed by atoms with Gasteiger partial charge in [-0.2, -0.15) is 0 Å². The lowest BCUT2D eigenvalue weighted by Gasteiger charge is -2.13. The van der Waals surface area contributed by atoms with Gasteiger partial charge in [-0.05, 0) is 41.8 Å². The van der Waals surface area contributed by atoms with Crippen molar-refractivity contribution in [1.29, 1.82) is 0 Å². The fourth-order valence-corrected chi connectivity index (χ4v) is 2.50. The van der Waals surface area contributed by atoms with Crippen molar-refractivity contribution >= 4 is 17.5 Å². The van der Waals surface area contributed by atoms with E-state index in [1.165, 1.54) is 0 Å². The molecule has 0 bridgehead atoms. The molecule has 0 aliphatic carbocycles. The van der Waals surface area contributed by atoms with Gasteiger partial charge in [0, 0.05) is 23.2 Å². The van der Waals surface area contributed by atoms with Crippen molar-refractivity contribution < 1.29 is 19.0 Å². The molecule has 0 aliphatic rings. The minimum absolute atomic E-state index is 0.189. The van der Waals surface area contributed by atoms with Crippen LogP contribution in [0, 0.1) is 5.92 Å². The molecule has 26 heavy (non-hydrogen) atoms. The summed E-state index contributed by atoms with van der Waals surface area (Å²) in [6.45, 7) is 5.09. The summed E-state index contributed by atoms with van der Waals surface area (Å²) in [5, 5.41) is 3.35. The van der Waals surface area contributed by atoms with Gasteiger partial charge in [-0.3, -0.25) is 4.79 Å². The summed E-state index contributed by atoms with van der Waals surface area (Å²) in [7, 11) is 3.10. The first-order chi connectivity index (χ1) is 12.4. The van der Waals surface area contributed by atoms with Crippen LogP contribution in [0.4, 0.5) is 0 Å². The fourth-order valence-electron chi connectivity index (χ4n) is 2.27. The number of carbonyl (C=O) groups excluding carboxylic acids is 1. The molecule has 140 valence electrons. The van der Waals surface area contributed by atoms with Crippen molar-refractivity contribution in [2.75, 3.05) is 20.8 Å². The Morgan fingerprint density at radius 3 is 2.27 bits per heavy atom. The molecule has 0 fully saturated rings. The number of methoxy groups -OCH3 is 2. The van der Waals surface area contributed by atoms with Gasteiger partial charge in [0.1, 0.15) is 5.75 Å². The summed E-state index contributed by atoms with van der Waals surface area (Å²) < 4.78 is 16.1. The van der Waals surface area contributed by atoms with Crippen molar-refractivity contribution in [3.05, 3.63) is 52.5 Å². The maximum absolute atomic E-state index is 12.3. The third-order valence-corrected chi connectivity index (χ3v) is 4.04. The minimum Gasteiger partial charge on any atom is -0.493 e. The highest BCUT2D eigenvalue weighted by atomic mass is 35.5. The van der Waals surface area contributed by atoms with Crippen LogP contribution < -0.4 is 19.5 Å². The standard InChI is InChI=1S/C20H24ClNO4/c1-13(2)12-26-16-7-5-14(6-8-16)20(23)22-11-15-9-18(24-3)19(25-4)10-17(15)21/h5-10,13H,11-12H2,1-4H3,(H,22,23). The molecule has 6 heteroatoms. The zero-order chi connectivity index (χ0) is 19.1. The van der Waals surface area contributed by atoms with Crippen LogP contribution in [0.15, 0.2) is 36.4 Å². The molecule has 2 aromatic carbocycles. The summed E-state index contributed by atoms with van der Waals surface area (Å²) in [6.07, 6.45) is 0. The van der Waals surface area contributed by atoms with Gasteiger partial charge in [0.15, 0.2) is 11.5 Å². The Morgan fingerprint density at radius 1 is 1.08 bits per heavy atom. The zero-order valence-corrected chi connectivity index (χ0v) is 16.2. The van der Waals surface area contributed by atoms with Crippen LogP contribution in [0.25, 0.3) is 0 Å². The first-order valence-electron chi connectivity index (χ1n) is 8.36. The van der Waals surface area contributed by atoms with Gasteiger partial charge in [0.05, 0.1) is 20.8 Å². The summed E-state index contributed by atoms with van der Waals surface area (Å²) in [6, 6.07) is 10.5. The van der Waals surface area contributed by atoms with Crippen molar-refractivity contribution in [2.24, 2.45) is 5.92 Å². The number of benzene rings is 2. The lowest BCUT2D eigenvalue weighted by atomic mass is 10.1. The van der Waals surface area contributed by atoms with E-state index in [4.69, 9.17) is 25.8 Å². The Kier molecular flexibility index (Phi) is 7.16. The van der Waals surface area contributed by atoms with Crippen LogP contribution in [-0.4, -0.2) is 26.7 Å². The highest BCUT2D eigenvalue weighted by molar-refractivity contribution is 6.31. The Bertz CT molecular complexity index is 744. The molecule has 1 amide bonds. The molecule has 2 rings (SSSR count). The van der Waals surface area contributed by atoms with Crippen LogP contribution in [0.1, 0.15) is 29.8 Å². The largest absolute Gasteiger partial charge is 0.493 e. The number of ether oxygens (including phenoxy) is 3. The van der Waals surface area contributed by atoms with Gasteiger partial charge < -0.3 is 19.5 Å². The number of carbonyl (C=O) groups is 1. The van der Waals surface area contributed by atoms with Crippen LogP contribution in [0.5, 0.6) is 17.2 Å². The molecular formula is C20H24ClNO4. The smallest absolute Gasteiger partial charge is 0.251 e. The van der Waals surface area contributed by atoms with Crippen molar-refractivity contribution in [2.45, 2.75) is 20.4 Å². The molecule has 0 saturated carbocycles. The predicted molar refractivity (Wildman–Crippen MR) is 103 cm³/mol. The molecule has 0 saturated heterocycles. The first-order valence-corrected chi connectivity index (χ1v) is 8.73. The lowest BCUT2D eigenvalue weighted by molar-refractivity contribution is 0.0951. The van der Waals surface area contributed by atoms with E-state index >= 15 is 0 Å². The first kappa shape index (κ1) is 19.9. The van der Waals surface area contributed by atoms with E-state index in [1.54, 1.807) is 50.6 Å². The molecule has 0 aliphatic heterocycles. The third kappa shape index (κ3) is 5.30. The quantitative estimate of drug-likeness (QED) is 0.744. The summed E-state index contributed by atoms with van der Waals surface area (Å²) >= 11 is 6.24. The van der Waals surface area contributed by atoms with E-state index in [1.807, 2.05) is 0 Å². The predicted octanol–water partition coefficient (Wildman–Crippen LogP) is 4.32. The maximum atomic E-state index is 12.3. The number of hydrogen-bond donors (Lipinski definition) is 1. The van der Waals surface area contributed by atoms with Crippen LogP contribution in [-0.2, 0) is 6.54 Å². The Balaban J connectivity index is 2.00. The summed E-state index contributed by atoms with van der Waals surface area (Å²) in [4.78, 5) is 12.3. The van der Waals surface area contributed by atoms with Gasteiger partial charge in [0.25, 0.3) is 5.91 Å². The maximum Gasteiger partial charge on any atom is 0.251 e. The number of amides is 1. The monoisotopic (exact) mass is 377 g/mol. The lowest BCUT2D eigenvalue weighted by Crippen LogP contribution is -2.23. The van der Waals surface area contributed by atoms with Gasteiger partial charge in [0.2, 0.25) is 0 Å². The van der Waals surface area contributed by atoms with Crippen molar-refractivity contribution in [3.63, 3.8) is 0 Å². The third-order valence-electron chi connectivity index (χ3n) is 3.69. The zero-order valence-electron chi connectivity index (χ0n) is 15.5. The summed E-state index contributed by atoms with van der Waals surface area (Å²) in [5.74, 6) is 2.12. The number of nitrogens with one attached hydrogen (secondary N) is 1. The van der Waals surface area contributed by atoms with Gasteiger partial charge >= 0.3 is 0 Å². The molecule has 0 spiro atoms. The van der Waals surface area contributed by atoms with Gasteiger partial charge in [-0.15, -0.1) is 0 Å². The Hall–Kier alpha value is -2.40. The molecule has 0 atom stereocenters. The second-order valence-electron chi connectivity index (χ2n) is 6.21. The molecular weight excluding hydrogens is 354 g/mol. The highest BCUT2D eigenvalue weighted by Gasteiger charge is 2.12. The summed E-state index contributed by atoms with van der Waals surface area (Å²) in [5.41, 5.74) is 1.30. The molecule has 0 aromatic heterocycles. The molecule has 1 N–H and O–H groups in total.